The second-order valence-corrected chi connectivity index (χ2v) is 9.01. The third kappa shape index (κ3) is 5.77. The quantitative estimate of drug-likeness (QED) is 0.383. The molecule has 0 radical (unpaired) electrons. The maximum absolute atomic E-state index is 2.68. The molecule has 3 atom stereocenters. The molecule has 0 aromatic carbocycles. The SMILES string of the molecule is CCCC(C(C)C(C)(C)I)N(C)[C@@H](CC)CCC. The van der Waals surface area contributed by atoms with Crippen LogP contribution in [0.25, 0.3) is 0 Å². The maximum Gasteiger partial charge on any atom is 0.0206 e. The minimum absolute atomic E-state index is 0.371. The summed E-state index contributed by atoms with van der Waals surface area (Å²) in [6, 6.07) is 1.48. The maximum atomic E-state index is 2.68. The molecule has 18 heavy (non-hydrogen) atoms. The molecule has 0 N–H and O–H groups in total. The van der Waals surface area contributed by atoms with Crippen molar-refractivity contribution in [3.05, 3.63) is 0 Å². The summed E-state index contributed by atoms with van der Waals surface area (Å²) in [6.07, 6.45) is 6.52. The molecule has 110 valence electrons. The molecule has 0 bridgehead atoms. The van der Waals surface area contributed by atoms with Gasteiger partial charge in [-0.05, 0) is 32.2 Å². The number of rotatable bonds is 9. The average molecular weight is 367 g/mol. The molecule has 0 aromatic heterocycles. The zero-order chi connectivity index (χ0) is 14.3. The van der Waals surface area contributed by atoms with Gasteiger partial charge in [0.1, 0.15) is 0 Å². The van der Waals surface area contributed by atoms with Crippen molar-refractivity contribution < 1.29 is 0 Å². The van der Waals surface area contributed by atoms with Crippen LogP contribution in [0.15, 0.2) is 0 Å². The summed E-state index contributed by atoms with van der Waals surface area (Å²) in [5.74, 6) is 0.731. The lowest BCUT2D eigenvalue weighted by Gasteiger charge is -2.42. The van der Waals surface area contributed by atoms with E-state index in [0.29, 0.717) is 3.42 Å². The number of alkyl halides is 1. The van der Waals surface area contributed by atoms with Crippen molar-refractivity contribution in [3.8, 4) is 0 Å². The van der Waals surface area contributed by atoms with E-state index in [0.717, 1.165) is 18.0 Å². The fourth-order valence-corrected chi connectivity index (χ4v) is 3.27. The summed E-state index contributed by atoms with van der Waals surface area (Å²) in [5, 5.41) is 0. The Balaban J connectivity index is 4.86. The number of hydrogen-bond acceptors (Lipinski definition) is 1. The zero-order valence-electron chi connectivity index (χ0n) is 13.6. The van der Waals surface area contributed by atoms with E-state index in [2.05, 4.69) is 76.1 Å². The fourth-order valence-electron chi connectivity index (χ4n) is 2.86. The molecule has 0 saturated heterocycles. The van der Waals surface area contributed by atoms with E-state index in [4.69, 9.17) is 0 Å². The Bertz CT molecular complexity index is 210. The summed E-state index contributed by atoms with van der Waals surface area (Å²) >= 11 is 2.62. The van der Waals surface area contributed by atoms with Gasteiger partial charge in [0.25, 0.3) is 0 Å². The Labute approximate surface area is 129 Å². The second-order valence-electron chi connectivity index (χ2n) is 6.23. The van der Waals surface area contributed by atoms with Crippen molar-refractivity contribution in [2.75, 3.05) is 7.05 Å². The predicted molar refractivity (Wildman–Crippen MR) is 92.7 cm³/mol. The first-order chi connectivity index (χ1) is 8.29. The van der Waals surface area contributed by atoms with E-state index in [1.54, 1.807) is 0 Å². The minimum atomic E-state index is 0.371. The second kappa shape index (κ2) is 8.78. The molecule has 0 aliphatic heterocycles. The molecule has 2 unspecified atom stereocenters. The van der Waals surface area contributed by atoms with E-state index in [9.17, 15) is 0 Å². The van der Waals surface area contributed by atoms with Gasteiger partial charge in [-0.2, -0.15) is 0 Å². The van der Waals surface area contributed by atoms with E-state index in [1.807, 2.05) is 0 Å². The fraction of sp³-hybridized carbons (Fsp3) is 1.00. The van der Waals surface area contributed by atoms with Crippen LogP contribution in [0.1, 0.15) is 73.6 Å². The first kappa shape index (κ1) is 18.7. The van der Waals surface area contributed by atoms with Gasteiger partial charge in [-0.1, -0.05) is 77.0 Å². The molecule has 0 aliphatic carbocycles. The highest BCUT2D eigenvalue weighted by Gasteiger charge is 2.33. The lowest BCUT2D eigenvalue weighted by atomic mass is 9.85. The van der Waals surface area contributed by atoms with E-state index >= 15 is 0 Å². The highest BCUT2D eigenvalue weighted by atomic mass is 127. The summed E-state index contributed by atoms with van der Waals surface area (Å²) in [5.41, 5.74) is 0. The molecule has 0 spiro atoms. The first-order valence-electron chi connectivity index (χ1n) is 7.70. The molecule has 0 amide bonds. The van der Waals surface area contributed by atoms with Gasteiger partial charge < -0.3 is 4.90 Å². The molecule has 0 rings (SSSR count). The van der Waals surface area contributed by atoms with Crippen LogP contribution in [0.4, 0.5) is 0 Å². The van der Waals surface area contributed by atoms with Crippen molar-refractivity contribution in [3.63, 3.8) is 0 Å². The molecular formula is C16H34IN. The molecule has 1 nitrogen and oxygen atoms in total. The Kier molecular flexibility index (Phi) is 9.12. The van der Waals surface area contributed by atoms with E-state index < -0.39 is 0 Å². The number of halogens is 1. The Morgan fingerprint density at radius 3 is 1.89 bits per heavy atom. The lowest BCUT2D eigenvalue weighted by molar-refractivity contribution is 0.102. The largest absolute Gasteiger partial charge is 0.300 e. The minimum Gasteiger partial charge on any atom is -0.300 e. The van der Waals surface area contributed by atoms with Crippen LogP contribution < -0.4 is 0 Å². The monoisotopic (exact) mass is 367 g/mol. The van der Waals surface area contributed by atoms with Gasteiger partial charge in [0.05, 0.1) is 0 Å². The molecule has 2 heteroatoms. The Morgan fingerprint density at radius 1 is 1.06 bits per heavy atom. The van der Waals surface area contributed by atoms with Gasteiger partial charge in [-0.15, -0.1) is 0 Å². The van der Waals surface area contributed by atoms with Crippen LogP contribution in [0.5, 0.6) is 0 Å². The zero-order valence-corrected chi connectivity index (χ0v) is 15.8. The summed E-state index contributed by atoms with van der Waals surface area (Å²) in [4.78, 5) is 2.68. The van der Waals surface area contributed by atoms with Crippen molar-refractivity contribution in [2.45, 2.75) is 89.2 Å². The number of hydrogen-bond donors (Lipinski definition) is 0. The van der Waals surface area contributed by atoms with Gasteiger partial charge in [-0.3, -0.25) is 0 Å². The summed E-state index contributed by atoms with van der Waals surface area (Å²) in [7, 11) is 2.35. The van der Waals surface area contributed by atoms with Gasteiger partial charge in [0.2, 0.25) is 0 Å². The molecule has 0 fully saturated rings. The topological polar surface area (TPSA) is 3.24 Å². The summed E-state index contributed by atoms with van der Waals surface area (Å²) in [6.45, 7) is 14.1. The van der Waals surface area contributed by atoms with Crippen molar-refractivity contribution in [1.29, 1.82) is 0 Å². The normalized spacial score (nSPS) is 17.8. The first-order valence-corrected chi connectivity index (χ1v) is 8.78. The highest BCUT2D eigenvalue weighted by molar-refractivity contribution is 14.1. The van der Waals surface area contributed by atoms with Crippen LogP contribution in [-0.2, 0) is 0 Å². The van der Waals surface area contributed by atoms with Crippen LogP contribution >= 0.6 is 22.6 Å². The van der Waals surface area contributed by atoms with Crippen molar-refractivity contribution in [1.82, 2.24) is 4.90 Å². The molecular weight excluding hydrogens is 333 g/mol. The molecule has 0 heterocycles. The van der Waals surface area contributed by atoms with E-state index in [1.165, 1.54) is 32.1 Å². The van der Waals surface area contributed by atoms with Crippen LogP contribution in [0.2, 0.25) is 0 Å². The van der Waals surface area contributed by atoms with Gasteiger partial charge >= 0.3 is 0 Å². The average Bonchev–Trinajstić information content (AvgIpc) is 2.30. The molecule has 0 saturated carbocycles. The van der Waals surface area contributed by atoms with Gasteiger partial charge in [0, 0.05) is 15.5 Å². The summed E-state index contributed by atoms with van der Waals surface area (Å²) < 4.78 is 0.371. The van der Waals surface area contributed by atoms with Gasteiger partial charge in [-0.25, -0.2) is 0 Å². The molecule has 0 aromatic rings. The highest BCUT2D eigenvalue weighted by Crippen LogP contribution is 2.34. The van der Waals surface area contributed by atoms with Crippen LogP contribution in [0, 0.1) is 5.92 Å². The van der Waals surface area contributed by atoms with Crippen LogP contribution in [0.3, 0.4) is 0 Å². The number of nitrogens with zero attached hydrogens (tertiary/aromatic N) is 1. The Hall–Kier alpha value is 0.690. The van der Waals surface area contributed by atoms with E-state index in [-0.39, 0.29) is 0 Å². The Morgan fingerprint density at radius 2 is 1.56 bits per heavy atom. The standard InChI is InChI=1S/C16H34IN/c1-8-11-14(10-3)18(7)15(12-9-2)13(4)16(5,6)17/h13-15H,8-12H2,1-7H3/t13?,14-,15?/m0/s1. The third-order valence-corrected chi connectivity index (χ3v) is 5.42. The van der Waals surface area contributed by atoms with Crippen molar-refractivity contribution >= 4 is 22.6 Å². The van der Waals surface area contributed by atoms with Crippen LogP contribution in [-0.4, -0.2) is 27.5 Å². The van der Waals surface area contributed by atoms with Crippen molar-refractivity contribution in [2.24, 2.45) is 5.92 Å². The van der Waals surface area contributed by atoms with Gasteiger partial charge in [0.15, 0.2) is 0 Å². The smallest absolute Gasteiger partial charge is 0.0206 e. The lowest BCUT2D eigenvalue weighted by Crippen LogP contribution is -2.47. The predicted octanol–water partition coefficient (Wildman–Crippen LogP) is 5.52. The molecule has 0 aliphatic rings. The third-order valence-electron chi connectivity index (χ3n) is 4.44.